The topological polar surface area (TPSA) is 113 Å². The molecule has 4 N–H and O–H groups in total. The second-order valence-corrected chi connectivity index (χ2v) is 4.26. The molecule has 1 heterocycles. The van der Waals surface area contributed by atoms with Crippen molar-refractivity contribution in [3.05, 3.63) is 0 Å². The molecule has 0 bridgehead atoms. The Labute approximate surface area is 105 Å². The van der Waals surface area contributed by atoms with E-state index < -0.39 is 49.0 Å². The van der Waals surface area contributed by atoms with Gasteiger partial charge in [-0.1, -0.05) is 0 Å². The molecule has 1 saturated heterocycles. The summed E-state index contributed by atoms with van der Waals surface area (Å²) in [5.41, 5.74) is 1.80. The lowest BCUT2D eigenvalue weighted by Gasteiger charge is -2.27. The first kappa shape index (κ1) is 15.2. The minimum Gasteiger partial charge on any atom is -0.481 e. The van der Waals surface area contributed by atoms with Crippen molar-refractivity contribution in [2.24, 2.45) is 11.1 Å². The Morgan fingerprint density at radius 1 is 1.37 bits per heavy atom. The van der Waals surface area contributed by atoms with Crippen LogP contribution in [0.25, 0.3) is 0 Å². The Kier molecular flexibility index (Phi) is 4.03. The molecule has 0 radical (unpaired) electrons. The van der Waals surface area contributed by atoms with Crippen LogP contribution in [0.15, 0.2) is 0 Å². The molecule has 3 amide bonds. The van der Waals surface area contributed by atoms with Crippen molar-refractivity contribution in [3.63, 3.8) is 0 Å². The van der Waals surface area contributed by atoms with Gasteiger partial charge in [-0.3, -0.25) is 19.8 Å². The molecule has 7 nitrogen and oxygen atoms in total. The maximum Gasteiger partial charge on any atom is 0.406 e. The van der Waals surface area contributed by atoms with Gasteiger partial charge >= 0.3 is 18.2 Å². The number of hydrogen-bond acceptors (Lipinski definition) is 4. The van der Waals surface area contributed by atoms with Crippen LogP contribution in [0.1, 0.15) is 6.42 Å². The minimum atomic E-state index is -4.91. The molecule has 0 saturated carbocycles. The molecule has 0 aliphatic carbocycles. The molecule has 1 fully saturated rings. The lowest BCUT2D eigenvalue weighted by atomic mass is 9.86. The van der Waals surface area contributed by atoms with Gasteiger partial charge in [0.1, 0.15) is 0 Å². The third kappa shape index (κ3) is 3.13. The number of alkyl halides is 3. The van der Waals surface area contributed by atoms with Crippen molar-refractivity contribution in [2.45, 2.75) is 12.6 Å². The summed E-state index contributed by atoms with van der Waals surface area (Å²) < 4.78 is 38.4. The van der Waals surface area contributed by atoms with Crippen LogP contribution in [0.5, 0.6) is 0 Å². The van der Waals surface area contributed by atoms with E-state index in [1.165, 1.54) is 0 Å². The van der Waals surface area contributed by atoms with Crippen LogP contribution in [-0.2, 0) is 9.59 Å². The summed E-state index contributed by atoms with van der Waals surface area (Å²) in [5, 5.41) is 10.5. The first-order valence-corrected chi connectivity index (χ1v) is 5.20. The van der Waals surface area contributed by atoms with Crippen molar-refractivity contribution in [2.75, 3.05) is 19.6 Å². The molecule has 0 aromatic rings. The standard InChI is InChI=1S/C9H12F3N3O4/c10-9(11,12)8(6(17)18)1-2-15(4-8)3-5(16)14-7(13)19/h1-4H2,(H,17,18)(H3,13,14,16,19). The van der Waals surface area contributed by atoms with E-state index >= 15 is 0 Å². The summed E-state index contributed by atoms with van der Waals surface area (Å²) in [6.07, 6.45) is -5.55. The second-order valence-electron chi connectivity index (χ2n) is 4.26. The third-order valence-corrected chi connectivity index (χ3v) is 2.93. The number of primary amides is 1. The molecule has 1 aliphatic rings. The highest BCUT2D eigenvalue weighted by atomic mass is 19.4. The summed E-state index contributed by atoms with van der Waals surface area (Å²) in [6.45, 7) is -1.57. The van der Waals surface area contributed by atoms with Crippen molar-refractivity contribution < 1.29 is 32.7 Å². The summed E-state index contributed by atoms with van der Waals surface area (Å²) in [4.78, 5) is 33.4. The van der Waals surface area contributed by atoms with E-state index in [9.17, 15) is 27.6 Å². The molecular formula is C9H12F3N3O4. The van der Waals surface area contributed by atoms with E-state index in [0.717, 1.165) is 4.90 Å². The maximum absolute atomic E-state index is 12.8. The van der Waals surface area contributed by atoms with E-state index in [0.29, 0.717) is 0 Å². The van der Waals surface area contributed by atoms with Crippen molar-refractivity contribution in [3.8, 4) is 0 Å². The highest BCUT2D eigenvalue weighted by molar-refractivity contribution is 5.94. The monoisotopic (exact) mass is 283 g/mol. The van der Waals surface area contributed by atoms with Gasteiger partial charge in [0.15, 0.2) is 5.41 Å². The molecule has 10 heteroatoms. The van der Waals surface area contributed by atoms with E-state index in [1.54, 1.807) is 5.32 Å². The number of rotatable bonds is 3. The molecule has 1 aliphatic heterocycles. The second kappa shape index (κ2) is 5.03. The van der Waals surface area contributed by atoms with Crippen LogP contribution >= 0.6 is 0 Å². The van der Waals surface area contributed by atoms with Gasteiger partial charge in [-0.15, -0.1) is 0 Å². The number of halogens is 3. The number of nitrogens with zero attached hydrogens (tertiary/aromatic N) is 1. The lowest BCUT2D eigenvalue weighted by molar-refractivity contribution is -0.227. The Bertz CT molecular complexity index is 412. The number of nitrogens with one attached hydrogen (secondary N) is 1. The number of amides is 3. The van der Waals surface area contributed by atoms with Gasteiger partial charge in [0.05, 0.1) is 6.54 Å². The summed E-state index contributed by atoms with van der Waals surface area (Å²) in [6, 6.07) is -1.12. The van der Waals surface area contributed by atoms with Crippen molar-refractivity contribution in [1.29, 1.82) is 0 Å². The molecule has 1 atom stereocenters. The zero-order valence-electron chi connectivity index (χ0n) is 9.66. The van der Waals surface area contributed by atoms with Crippen LogP contribution < -0.4 is 11.1 Å². The number of carboxylic acids is 1. The zero-order chi connectivity index (χ0) is 14.8. The molecule has 1 unspecified atom stereocenters. The van der Waals surface area contributed by atoms with E-state index in [-0.39, 0.29) is 6.54 Å². The predicted molar refractivity (Wildman–Crippen MR) is 54.9 cm³/mol. The third-order valence-electron chi connectivity index (χ3n) is 2.93. The fraction of sp³-hybridized carbons (Fsp3) is 0.667. The molecule has 0 spiro atoms. The zero-order valence-corrected chi connectivity index (χ0v) is 9.66. The smallest absolute Gasteiger partial charge is 0.406 e. The van der Waals surface area contributed by atoms with Crippen LogP contribution in [0, 0.1) is 5.41 Å². The first-order valence-electron chi connectivity index (χ1n) is 5.20. The van der Waals surface area contributed by atoms with Gasteiger partial charge in [-0.2, -0.15) is 13.2 Å². The van der Waals surface area contributed by atoms with Crippen molar-refractivity contribution >= 4 is 17.9 Å². The Balaban J connectivity index is 2.73. The number of carboxylic acid groups (broad SMARTS) is 1. The molecular weight excluding hydrogens is 271 g/mol. The molecule has 19 heavy (non-hydrogen) atoms. The van der Waals surface area contributed by atoms with Crippen molar-refractivity contribution in [1.82, 2.24) is 10.2 Å². The quantitative estimate of drug-likeness (QED) is 0.647. The van der Waals surface area contributed by atoms with Gasteiger partial charge < -0.3 is 10.8 Å². The van der Waals surface area contributed by atoms with Crippen LogP contribution in [0.4, 0.5) is 18.0 Å². The lowest BCUT2D eigenvalue weighted by Crippen LogP contribution is -2.48. The Hall–Kier alpha value is -1.84. The highest BCUT2D eigenvalue weighted by Crippen LogP contribution is 2.45. The predicted octanol–water partition coefficient (Wildman–Crippen LogP) is -0.480. The number of imide groups is 1. The van der Waals surface area contributed by atoms with Gasteiger partial charge in [-0.05, 0) is 6.42 Å². The molecule has 108 valence electrons. The fourth-order valence-corrected chi connectivity index (χ4v) is 1.93. The highest BCUT2D eigenvalue weighted by Gasteiger charge is 2.63. The van der Waals surface area contributed by atoms with Crippen LogP contribution in [-0.4, -0.2) is 53.7 Å². The average molecular weight is 283 g/mol. The molecule has 0 aromatic heterocycles. The van der Waals surface area contributed by atoms with Gasteiger partial charge in [-0.25, -0.2) is 4.79 Å². The normalized spacial score (nSPS) is 24.2. The van der Waals surface area contributed by atoms with Gasteiger partial charge in [0, 0.05) is 13.1 Å². The number of likely N-dealkylation sites (tertiary alicyclic amines) is 1. The summed E-state index contributed by atoms with van der Waals surface area (Å²) >= 11 is 0. The van der Waals surface area contributed by atoms with Gasteiger partial charge in [0.2, 0.25) is 5.91 Å². The van der Waals surface area contributed by atoms with E-state index in [4.69, 9.17) is 5.11 Å². The number of aliphatic carboxylic acids is 1. The van der Waals surface area contributed by atoms with E-state index in [1.807, 2.05) is 0 Å². The summed E-state index contributed by atoms with van der Waals surface area (Å²) in [5.74, 6) is -2.85. The number of hydrogen-bond donors (Lipinski definition) is 3. The number of urea groups is 1. The van der Waals surface area contributed by atoms with Gasteiger partial charge in [0.25, 0.3) is 0 Å². The average Bonchev–Trinajstić information content (AvgIpc) is 2.60. The largest absolute Gasteiger partial charge is 0.481 e. The maximum atomic E-state index is 12.8. The Morgan fingerprint density at radius 3 is 2.32 bits per heavy atom. The SMILES string of the molecule is NC(=O)NC(=O)CN1CCC(C(=O)O)(C(F)(F)F)C1. The molecule has 0 aromatic carbocycles. The minimum absolute atomic E-state index is 0.210. The van der Waals surface area contributed by atoms with Crippen LogP contribution in [0.2, 0.25) is 0 Å². The Morgan fingerprint density at radius 2 is 1.95 bits per heavy atom. The first-order chi connectivity index (χ1) is 8.58. The van der Waals surface area contributed by atoms with Crippen LogP contribution in [0.3, 0.4) is 0 Å². The van der Waals surface area contributed by atoms with E-state index in [2.05, 4.69) is 5.73 Å². The number of carbonyl (C=O) groups excluding carboxylic acids is 2. The number of nitrogens with two attached hydrogens (primary N) is 1. The fourth-order valence-electron chi connectivity index (χ4n) is 1.93. The molecule has 1 rings (SSSR count). The number of carbonyl (C=O) groups is 3. The summed E-state index contributed by atoms with van der Waals surface area (Å²) in [7, 11) is 0.